The van der Waals surface area contributed by atoms with Crippen LogP contribution in [0.4, 0.5) is 10.1 Å². The molecular weight excluding hydrogens is 239 g/mol. The largest absolute Gasteiger partial charge is 0.324 e. The number of halogens is 2. The molecule has 0 aromatic heterocycles. The van der Waals surface area contributed by atoms with Crippen LogP contribution < -0.4 is 5.73 Å². The average molecular weight is 253 g/mol. The molecule has 0 saturated heterocycles. The summed E-state index contributed by atoms with van der Waals surface area (Å²) in [5, 5.41) is 0. The summed E-state index contributed by atoms with van der Waals surface area (Å²) in [7, 11) is -1.73. The summed E-state index contributed by atoms with van der Waals surface area (Å²) in [5.74, 6) is -0.479. The van der Waals surface area contributed by atoms with Crippen molar-refractivity contribution >= 4 is 28.7 Å². The van der Waals surface area contributed by atoms with E-state index < -0.39 is 16.4 Å². The van der Waals surface area contributed by atoms with Gasteiger partial charge in [-0.05, 0) is 13.0 Å². The number of thiol groups is 1. The molecule has 0 radical (unpaired) electrons. The number of benzene rings is 1. The first kappa shape index (κ1) is 14.3. The first-order chi connectivity index (χ1) is 6.52. The summed E-state index contributed by atoms with van der Waals surface area (Å²) in [6.45, 7) is 1.69. The molecule has 3 nitrogen and oxygen atoms in total. The first-order valence-corrected chi connectivity index (χ1v) is 5.85. The van der Waals surface area contributed by atoms with E-state index in [2.05, 4.69) is 4.36 Å². The van der Waals surface area contributed by atoms with E-state index in [-0.39, 0.29) is 24.1 Å². The fourth-order valence-corrected chi connectivity index (χ4v) is 1.58. The number of nitrogens with two attached hydrogens (primary N) is 1. The van der Waals surface area contributed by atoms with Crippen LogP contribution >= 0.6 is 12.4 Å². The Morgan fingerprint density at radius 2 is 2.13 bits per heavy atom. The molecule has 1 aromatic rings. The highest BCUT2D eigenvalue weighted by molar-refractivity contribution is 7.74. The van der Waals surface area contributed by atoms with Crippen LogP contribution in [0.1, 0.15) is 18.5 Å². The molecule has 1 rings (SSSR count). The zero-order chi connectivity index (χ0) is 10.7. The van der Waals surface area contributed by atoms with Gasteiger partial charge in [-0.15, -0.1) is 12.4 Å². The minimum absolute atomic E-state index is 0. The van der Waals surface area contributed by atoms with Gasteiger partial charge in [0, 0.05) is 28.5 Å². The Labute approximate surface area is 96.5 Å². The van der Waals surface area contributed by atoms with Gasteiger partial charge in [-0.3, -0.25) is 4.21 Å². The van der Waals surface area contributed by atoms with Crippen molar-refractivity contribution in [2.75, 3.05) is 6.26 Å². The molecule has 0 heterocycles. The Morgan fingerprint density at radius 3 is 2.60 bits per heavy atom. The van der Waals surface area contributed by atoms with Gasteiger partial charge in [-0.25, -0.2) is 4.39 Å². The second-order valence-corrected chi connectivity index (χ2v) is 4.16. The lowest BCUT2D eigenvalue weighted by Gasteiger charge is -2.07. The van der Waals surface area contributed by atoms with E-state index in [1.165, 1.54) is 12.3 Å². The van der Waals surface area contributed by atoms with E-state index in [1.807, 2.05) is 0 Å². The Bertz CT molecular complexity index is 417. The monoisotopic (exact) mass is 252 g/mol. The maximum Gasteiger partial charge on any atom is 0.154 e. The van der Waals surface area contributed by atoms with Gasteiger partial charge in [0.25, 0.3) is 0 Å². The van der Waals surface area contributed by atoms with Gasteiger partial charge in [0.1, 0.15) is 5.69 Å². The van der Waals surface area contributed by atoms with Crippen molar-refractivity contribution in [1.82, 2.24) is 0 Å². The molecule has 2 atom stereocenters. The SMILES string of the molecule is C[C@@H](N)c1cccc(N=[SH](C)=O)c1F.Cl. The number of rotatable bonds is 2. The smallest absolute Gasteiger partial charge is 0.154 e. The molecule has 6 heteroatoms. The molecule has 0 amide bonds. The number of hydrogen-bond acceptors (Lipinski definition) is 3. The van der Waals surface area contributed by atoms with Gasteiger partial charge >= 0.3 is 0 Å². The molecule has 1 unspecified atom stereocenters. The third-order valence-electron chi connectivity index (χ3n) is 1.75. The Hall–Kier alpha value is -0.650. The van der Waals surface area contributed by atoms with Gasteiger partial charge in [0.05, 0.1) is 0 Å². The summed E-state index contributed by atoms with van der Waals surface area (Å²) in [4.78, 5) is 0. The van der Waals surface area contributed by atoms with Crippen LogP contribution in [0.3, 0.4) is 0 Å². The van der Waals surface area contributed by atoms with Gasteiger partial charge in [0.2, 0.25) is 0 Å². The zero-order valence-electron chi connectivity index (χ0n) is 8.48. The van der Waals surface area contributed by atoms with Gasteiger partial charge in [-0.1, -0.05) is 12.1 Å². The predicted octanol–water partition coefficient (Wildman–Crippen LogP) is 2.19. The standard InChI is InChI=1S/C9H13FN2OS.ClH/c1-6(11)7-4-3-5-8(9(7)10)12-14(2)13;/h3-6,14H,11H2,1-2H3;1H/t6-;/m1./s1. The number of nitrogens with zero attached hydrogens (tertiary/aromatic N) is 1. The molecule has 0 saturated carbocycles. The predicted molar refractivity (Wildman–Crippen MR) is 63.8 cm³/mol. The van der Waals surface area contributed by atoms with Gasteiger partial charge in [0.15, 0.2) is 5.82 Å². The van der Waals surface area contributed by atoms with Gasteiger partial charge in [-0.2, -0.15) is 4.36 Å². The fourth-order valence-electron chi connectivity index (χ4n) is 1.12. The molecule has 0 aliphatic heterocycles. The summed E-state index contributed by atoms with van der Waals surface area (Å²) in [6, 6.07) is 4.35. The molecule has 0 aliphatic rings. The van der Waals surface area contributed by atoms with Crippen molar-refractivity contribution in [3.8, 4) is 0 Å². The Morgan fingerprint density at radius 1 is 1.53 bits per heavy atom. The maximum atomic E-state index is 13.6. The van der Waals surface area contributed by atoms with Crippen LogP contribution in [0.2, 0.25) is 0 Å². The summed E-state index contributed by atoms with van der Waals surface area (Å²) in [6.07, 6.45) is 1.42. The summed E-state index contributed by atoms with van der Waals surface area (Å²) in [5.41, 5.74) is 6.07. The van der Waals surface area contributed by atoms with Crippen molar-refractivity contribution in [2.24, 2.45) is 10.1 Å². The second kappa shape index (κ2) is 6.05. The third-order valence-corrected chi connectivity index (χ3v) is 2.24. The molecule has 0 aliphatic carbocycles. The normalized spacial score (nSPS) is 14.4. The zero-order valence-corrected chi connectivity index (χ0v) is 10.2. The van der Waals surface area contributed by atoms with Crippen LogP contribution in [0.25, 0.3) is 0 Å². The van der Waals surface area contributed by atoms with E-state index in [4.69, 9.17) is 5.73 Å². The molecule has 0 fully saturated rings. The van der Waals surface area contributed by atoms with E-state index in [0.29, 0.717) is 5.56 Å². The van der Waals surface area contributed by atoms with Crippen molar-refractivity contribution < 1.29 is 8.60 Å². The van der Waals surface area contributed by atoms with E-state index in [0.717, 1.165) is 0 Å². The lowest BCUT2D eigenvalue weighted by molar-refractivity contribution is 0.596. The molecule has 2 N–H and O–H groups in total. The third kappa shape index (κ3) is 3.77. The molecule has 0 spiro atoms. The molecular formula is C9H14ClFN2OS. The van der Waals surface area contributed by atoms with Crippen molar-refractivity contribution in [3.63, 3.8) is 0 Å². The lowest BCUT2D eigenvalue weighted by Crippen LogP contribution is -2.07. The highest BCUT2D eigenvalue weighted by Crippen LogP contribution is 2.24. The number of hydrogen-bond donors (Lipinski definition) is 2. The van der Waals surface area contributed by atoms with Crippen molar-refractivity contribution in [3.05, 3.63) is 29.6 Å². The molecule has 1 aromatic carbocycles. The lowest BCUT2D eigenvalue weighted by atomic mass is 10.1. The van der Waals surface area contributed by atoms with Crippen molar-refractivity contribution in [1.29, 1.82) is 0 Å². The molecule has 86 valence electrons. The van der Waals surface area contributed by atoms with E-state index in [9.17, 15) is 8.60 Å². The van der Waals surface area contributed by atoms with Crippen LogP contribution in [0.5, 0.6) is 0 Å². The van der Waals surface area contributed by atoms with E-state index >= 15 is 0 Å². The van der Waals surface area contributed by atoms with Crippen LogP contribution in [-0.2, 0) is 10.6 Å². The Balaban J connectivity index is 0.00000196. The van der Waals surface area contributed by atoms with E-state index in [1.54, 1.807) is 19.1 Å². The molecule has 0 bridgehead atoms. The van der Waals surface area contributed by atoms with Crippen LogP contribution in [-0.4, -0.2) is 10.5 Å². The van der Waals surface area contributed by atoms with Crippen molar-refractivity contribution in [2.45, 2.75) is 13.0 Å². The fraction of sp³-hybridized carbons (Fsp3) is 0.333. The summed E-state index contributed by atoms with van der Waals surface area (Å²) >= 11 is 0. The van der Waals surface area contributed by atoms with Crippen LogP contribution in [0, 0.1) is 5.82 Å². The molecule has 15 heavy (non-hydrogen) atoms. The van der Waals surface area contributed by atoms with Crippen LogP contribution in [0.15, 0.2) is 22.6 Å². The topological polar surface area (TPSA) is 55.4 Å². The Kier molecular flexibility index (Phi) is 5.79. The summed E-state index contributed by atoms with van der Waals surface area (Å²) < 4.78 is 28.1. The minimum atomic E-state index is -1.73. The first-order valence-electron chi connectivity index (χ1n) is 4.19. The highest BCUT2D eigenvalue weighted by Gasteiger charge is 2.09. The second-order valence-electron chi connectivity index (χ2n) is 3.03. The minimum Gasteiger partial charge on any atom is -0.324 e. The highest BCUT2D eigenvalue weighted by atomic mass is 35.5. The maximum absolute atomic E-state index is 13.6. The quantitative estimate of drug-likeness (QED) is 0.793. The van der Waals surface area contributed by atoms with Gasteiger partial charge < -0.3 is 5.73 Å². The average Bonchev–Trinajstić information content (AvgIpc) is 2.07.